The Morgan fingerprint density at radius 1 is 1.03 bits per heavy atom. The van der Waals surface area contributed by atoms with Gasteiger partial charge in [0.15, 0.2) is 0 Å². The van der Waals surface area contributed by atoms with Crippen LogP contribution >= 0.6 is 0 Å². The first kappa shape index (κ1) is 24.0. The van der Waals surface area contributed by atoms with Crippen LogP contribution in [0.15, 0.2) is 51.9 Å². The number of carbonyl (C=O) groups is 1. The summed E-state index contributed by atoms with van der Waals surface area (Å²) in [6.45, 7) is 8.74. The third-order valence-electron chi connectivity index (χ3n) is 6.14. The van der Waals surface area contributed by atoms with Gasteiger partial charge in [-0.1, -0.05) is 35.0 Å². The molecule has 0 spiro atoms. The fourth-order valence-corrected chi connectivity index (χ4v) is 5.78. The van der Waals surface area contributed by atoms with E-state index in [1.807, 2.05) is 32.9 Å². The maximum atomic E-state index is 13.3. The van der Waals surface area contributed by atoms with Gasteiger partial charge in [0.1, 0.15) is 18.1 Å². The second-order valence-electron chi connectivity index (χ2n) is 8.55. The second kappa shape index (κ2) is 9.60. The van der Waals surface area contributed by atoms with Crippen molar-refractivity contribution in [2.45, 2.75) is 39.2 Å². The molecule has 0 N–H and O–H groups in total. The molecule has 34 heavy (non-hydrogen) atoms. The van der Waals surface area contributed by atoms with Crippen molar-refractivity contribution in [2.24, 2.45) is 0 Å². The van der Waals surface area contributed by atoms with E-state index in [0.717, 1.165) is 22.4 Å². The highest BCUT2D eigenvalue weighted by Gasteiger charge is 2.32. The number of carbonyl (C=O) groups excluding carboxylic acids is 1. The third-order valence-corrected chi connectivity index (χ3v) is 8.20. The lowest BCUT2D eigenvalue weighted by atomic mass is 10.1. The van der Waals surface area contributed by atoms with Gasteiger partial charge in [0.25, 0.3) is 5.91 Å². The molecule has 180 valence electrons. The molecule has 0 unspecified atom stereocenters. The maximum absolute atomic E-state index is 13.3. The summed E-state index contributed by atoms with van der Waals surface area (Å²) >= 11 is 0. The number of amides is 1. The summed E-state index contributed by atoms with van der Waals surface area (Å²) in [7, 11) is -3.62. The number of nitrogens with zero attached hydrogens (tertiary/aromatic N) is 3. The van der Waals surface area contributed by atoms with Crippen LogP contribution in [0.2, 0.25) is 0 Å². The second-order valence-corrected chi connectivity index (χ2v) is 10.5. The Hall–Kier alpha value is -3.17. The fraction of sp³-hybridized carbons (Fsp3) is 0.360. The van der Waals surface area contributed by atoms with Crippen molar-refractivity contribution in [3.8, 4) is 5.75 Å². The van der Waals surface area contributed by atoms with E-state index >= 15 is 0 Å². The van der Waals surface area contributed by atoms with Crippen LogP contribution in [-0.2, 0) is 16.6 Å². The Kier molecular flexibility index (Phi) is 6.77. The number of piperazine rings is 1. The SMILES string of the molecule is Cc1ccc(S(=O)(=O)N2CCN(C(=O)c3ccccc3OCc3c(C)noc3C)CC2)c(C)c1. The molecule has 0 atom stereocenters. The molecule has 2 aromatic carbocycles. The van der Waals surface area contributed by atoms with Crippen molar-refractivity contribution in [1.29, 1.82) is 0 Å². The fourth-order valence-electron chi connectivity index (χ4n) is 4.16. The molecule has 1 aliphatic rings. The standard InChI is InChI=1S/C25H29N3O5S/c1-17-9-10-24(18(2)15-17)34(30,31)28-13-11-27(12-14-28)25(29)21-7-5-6-8-23(21)32-16-22-19(3)26-33-20(22)4/h5-10,15H,11-14,16H2,1-4H3. The molecule has 2 heterocycles. The van der Waals surface area contributed by atoms with Gasteiger partial charge in [-0.25, -0.2) is 8.42 Å². The molecule has 1 saturated heterocycles. The Balaban J connectivity index is 1.45. The van der Waals surface area contributed by atoms with E-state index in [4.69, 9.17) is 9.26 Å². The summed E-state index contributed by atoms with van der Waals surface area (Å²) in [6.07, 6.45) is 0. The number of sulfonamides is 1. The van der Waals surface area contributed by atoms with Gasteiger partial charge in [-0.2, -0.15) is 4.31 Å². The van der Waals surface area contributed by atoms with Gasteiger partial charge in [-0.15, -0.1) is 0 Å². The van der Waals surface area contributed by atoms with Crippen LogP contribution in [0.3, 0.4) is 0 Å². The normalized spacial score (nSPS) is 14.9. The van der Waals surface area contributed by atoms with E-state index in [1.54, 1.807) is 42.2 Å². The van der Waals surface area contributed by atoms with Gasteiger partial charge < -0.3 is 14.2 Å². The minimum Gasteiger partial charge on any atom is -0.488 e. The lowest BCUT2D eigenvalue weighted by Gasteiger charge is -2.34. The Morgan fingerprint density at radius 2 is 1.74 bits per heavy atom. The third kappa shape index (κ3) is 4.71. The molecule has 0 bridgehead atoms. The molecule has 3 aromatic rings. The monoisotopic (exact) mass is 483 g/mol. The van der Waals surface area contributed by atoms with Crippen molar-refractivity contribution in [3.63, 3.8) is 0 Å². The highest BCUT2D eigenvalue weighted by Crippen LogP contribution is 2.25. The van der Waals surface area contributed by atoms with E-state index in [-0.39, 0.29) is 25.6 Å². The predicted molar refractivity (Wildman–Crippen MR) is 127 cm³/mol. The van der Waals surface area contributed by atoms with Crippen LogP contribution in [-0.4, -0.2) is 54.9 Å². The lowest BCUT2D eigenvalue weighted by molar-refractivity contribution is 0.0693. The smallest absolute Gasteiger partial charge is 0.257 e. The quantitative estimate of drug-likeness (QED) is 0.532. The van der Waals surface area contributed by atoms with E-state index in [0.29, 0.717) is 35.1 Å². The molecule has 1 aromatic heterocycles. The summed E-state index contributed by atoms with van der Waals surface area (Å²) in [5, 5.41) is 3.93. The molecular formula is C25H29N3O5S. The van der Waals surface area contributed by atoms with E-state index in [1.165, 1.54) is 4.31 Å². The minimum atomic E-state index is -3.62. The Morgan fingerprint density at radius 3 is 2.38 bits per heavy atom. The summed E-state index contributed by atoms with van der Waals surface area (Å²) < 4.78 is 38.9. The van der Waals surface area contributed by atoms with Crippen molar-refractivity contribution < 1.29 is 22.5 Å². The number of aryl methyl sites for hydroxylation is 4. The Bertz CT molecular complexity index is 1290. The Labute approximate surface area is 200 Å². The average Bonchev–Trinajstić information content (AvgIpc) is 3.14. The summed E-state index contributed by atoms with van der Waals surface area (Å²) in [4.78, 5) is 15.3. The van der Waals surface area contributed by atoms with E-state index < -0.39 is 10.0 Å². The predicted octanol–water partition coefficient (Wildman–Crippen LogP) is 3.63. The first-order chi connectivity index (χ1) is 16.2. The molecule has 8 nitrogen and oxygen atoms in total. The van der Waals surface area contributed by atoms with Crippen LogP contribution in [0.1, 0.15) is 38.5 Å². The van der Waals surface area contributed by atoms with Crippen molar-refractivity contribution in [2.75, 3.05) is 26.2 Å². The molecule has 0 radical (unpaired) electrons. The molecule has 0 saturated carbocycles. The van der Waals surface area contributed by atoms with Crippen LogP contribution in [0, 0.1) is 27.7 Å². The average molecular weight is 484 g/mol. The van der Waals surface area contributed by atoms with Gasteiger partial charge in [0.05, 0.1) is 21.7 Å². The number of para-hydroxylation sites is 1. The van der Waals surface area contributed by atoms with Gasteiger partial charge in [-0.3, -0.25) is 4.79 Å². The van der Waals surface area contributed by atoms with Crippen molar-refractivity contribution >= 4 is 15.9 Å². The highest BCUT2D eigenvalue weighted by molar-refractivity contribution is 7.89. The number of rotatable bonds is 6. The molecule has 1 fully saturated rings. The number of ether oxygens (including phenoxy) is 1. The topological polar surface area (TPSA) is 93.0 Å². The summed E-state index contributed by atoms with van der Waals surface area (Å²) in [6, 6.07) is 12.4. The lowest BCUT2D eigenvalue weighted by Crippen LogP contribution is -2.50. The summed E-state index contributed by atoms with van der Waals surface area (Å²) in [5.74, 6) is 0.971. The molecule has 1 aliphatic heterocycles. The largest absolute Gasteiger partial charge is 0.488 e. The number of benzene rings is 2. The van der Waals surface area contributed by atoms with Gasteiger partial charge in [0.2, 0.25) is 10.0 Å². The van der Waals surface area contributed by atoms with Gasteiger partial charge in [-0.05, 0) is 51.5 Å². The van der Waals surface area contributed by atoms with Crippen LogP contribution in [0.5, 0.6) is 5.75 Å². The van der Waals surface area contributed by atoms with Gasteiger partial charge in [0, 0.05) is 26.2 Å². The zero-order valence-electron chi connectivity index (χ0n) is 19.9. The van der Waals surface area contributed by atoms with Crippen LogP contribution in [0.25, 0.3) is 0 Å². The zero-order valence-corrected chi connectivity index (χ0v) is 20.7. The number of hydrogen-bond acceptors (Lipinski definition) is 6. The van der Waals surface area contributed by atoms with Gasteiger partial charge >= 0.3 is 0 Å². The first-order valence-electron chi connectivity index (χ1n) is 11.2. The molecule has 1 amide bonds. The van der Waals surface area contributed by atoms with Crippen LogP contribution < -0.4 is 4.74 Å². The number of aromatic nitrogens is 1. The van der Waals surface area contributed by atoms with Crippen molar-refractivity contribution in [1.82, 2.24) is 14.4 Å². The summed E-state index contributed by atoms with van der Waals surface area (Å²) in [5.41, 5.74) is 3.79. The molecule has 0 aliphatic carbocycles. The van der Waals surface area contributed by atoms with Crippen LogP contribution in [0.4, 0.5) is 0 Å². The first-order valence-corrected chi connectivity index (χ1v) is 12.6. The van der Waals surface area contributed by atoms with E-state index in [9.17, 15) is 13.2 Å². The van der Waals surface area contributed by atoms with E-state index in [2.05, 4.69) is 5.16 Å². The molecule has 4 rings (SSSR count). The maximum Gasteiger partial charge on any atom is 0.257 e. The highest BCUT2D eigenvalue weighted by atomic mass is 32.2. The van der Waals surface area contributed by atoms with Crippen molar-refractivity contribution in [3.05, 3.63) is 76.2 Å². The minimum absolute atomic E-state index is 0.182. The molecule has 9 heteroatoms. The zero-order chi connectivity index (χ0) is 24.5. The molecular weight excluding hydrogens is 454 g/mol. The number of hydrogen-bond donors (Lipinski definition) is 0.